The van der Waals surface area contributed by atoms with Gasteiger partial charge in [0.1, 0.15) is 12.6 Å². The lowest BCUT2D eigenvalue weighted by atomic mass is 9.84. The van der Waals surface area contributed by atoms with Crippen molar-refractivity contribution in [3.8, 4) is 23.0 Å². The Labute approximate surface area is 179 Å². The quantitative estimate of drug-likeness (QED) is 0.406. The van der Waals surface area contributed by atoms with Crippen LogP contribution in [0.1, 0.15) is 32.0 Å². The molecular weight excluding hydrogens is 410 g/mol. The smallest absolute Gasteiger partial charge is 0.265 e. The summed E-state index contributed by atoms with van der Waals surface area (Å²) in [4.78, 5) is 26.8. The zero-order valence-corrected chi connectivity index (χ0v) is 17.9. The Bertz CT molecular complexity index is 1200. The van der Waals surface area contributed by atoms with Crippen molar-refractivity contribution in [2.45, 2.75) is 0 Å². The number of ketones is 2. The fourth-order valence-electron chi connectivity index (χ4n) is 3.82. The van der Waals surface area contributed by atoms with Crippen LogP contribution in [0.4, 0.5) is 0 Å². The lowest BCUT2D eigenvalue weighted by molar-refractivity contribution is -0.672. The maximum Gasteiger partial charge on any atom is 0.265 e. The molecule has 2 aromatic carbocycles. The second-order valence-corrected chi connectivity index (χ2v) is 6.67. The number of ether oxygens (including phenoxy) is 4. The molecule has 8 heteroatoms. The molecule has 30 heavy (non-hydrogen) atoms. The van der Waals surface area contributed by atoms with E-state index in [1.54, 1.807) is 49.2 Å². The van der Waals surface area contributed by atoms with Crippen LogP contribution in [0.25, 0.3) is 10.8 Å². The van der Waals surface area contributed by atoms with Crippen molar-refractivity contribution in [1.29, 1.82) is 0 Å². The maximum atomic E-state index is 13.5. The minimum atomic E-state index is -0.260. The maximum absolute atomic E-state index is 13.5. The Kier molecular flexibility index (Phi) is 5.59. The molecule has 0 N–H and O–H groups in total. The van der Waals surface area contributed by atoms with E-state index in [-0.39, 0.29) is 35.1 Å². The van der Waals surface area contributed by atoms with Crippen molar-refractivity contribution in [2.75, 3.05) is 28.4 Å². The SMILES string of the molecule is COc1cc2c(cc1OC)C(=O)c1c(c3cc(OC)c(OC)cc3c[n+]1C)C2=O.[Cl-]. The summed E-state index contributed by atoms with van der Waals surface area (Å²) in [5.74, 6) is 1.29. The van der Waals surface area contributed by atoms with Gasteiger partial charge in [0.15, 0.2) is 29.2 Å². The van der Waals surface area contributed by atoms with Gasteiger partial charge in [0, 0.05) is 16.5 Å². The number of aromatic nitrogens is 1. The summed E-state index contributed by atoms with van der Waals surface area (Å²) in [6, 6.07) is 6.62. The monoisotopic (exact) mass is 429 g/mol. The Morgan fingerprint density at radius 2 is 1.17 bits per heavy atom. The van der Waals surface area contributed by atoms with E-state index in [0.29, 0.717) is 39.6 Å². The van der Waals surface area contributed by atoms with E-state index in [1.165, 1.54) is 21.3 Å². The van der Waals surface area contributed by atoms with Gasteiger partial charge in [-0.3, -0.25) is 9.59 Å². The first-order chi connectivity index (χ1) is 13.9. The van der Waals surface area contributed by atoms with Crippen LogP contribution < -0.4 is 35.9 Å². The van der Waals surface area contributed by atoms with Crippen LogP contribution in [-0.4, -0.2) is 40.0 Å². The highest BCUT2D eigenvalue weighted by Gasteiger charge is 2.39. The van der Waals surface area contributed by atoms with E-state index in [4.69, 9.17) is 18.9 Å². The van der Waals surface area contributed by atoms with Gasteiger partial charge in [-0.15, -0.1) is 0 Å². The van der Waals surface area contributed by atoms with E-state index in [2.05, 4.69) is 0 Å². The number of hydrogen-bond acceptors (Lipinski definition) is 6. The van der Waals surface area contributed by atoms with Crippen molar-refractivity contribution in [3.05, 3.63) is 52.8 Å². The largest absolute Gasteiger partial charge is 1.00 e. The summed E-state index contributed by atoms with van der Waals surface area (Å²) in [5.41, 5.74) is 1.21. The summed E-state index contributed by atoms with van der Waals surface area (Å²) >= 11 is 0. The lowest BCUT2D eigenvalue weighted by Gasteiger charge is -2.19. The van der Waals surface area contributed by atoms with Crippen LogP contribution in [0.5, 0.6) is 23.0 Å². The Morgan fingerprint density at radius 1 is 0.700 bits per heavy atom. The van der Waals surface area contributed by atoms with Gasteiger partial charge >= 0.3 is 0 Å². The Hall–Kier alpha value is -3.32. The van der Waals surface area contributed by atoms with Crippen LogP contribution in [0.3, 0.4) is 0 Å². The molecule has 0 aliphatic heterocycles. The average Bonchev–Trinajstić information content (AvgIpc) is 2.74. The fraction of sp³-hybridized carbons (Fsp3) is 0.227. The molecule has 1 aliphatic carbocycles. The van der Waals surface area contributed by atoms with Crippen LogP contribution in [-0.2, 0) is 7.05 Å². The standard InChI is InChI=1S/C22H20NO6.ClH/c1-23-10-11-6-15(26-2)16(27-3)7-12(11)19-20(23)22(25)14-9-18(29-5)17(28-4)8-13(14)21(19)24;/h6-10H,1-5H3;1H/q+1;/p-1. The van der Waals surface area contributed by atoms with Gasteiger partial charge in [-0.2, -0.15) is 4.57 Å². The zero-order valence-electron chi connectivity index (χ0n) is 17.2. The molecule has 1 heterocycles. The fourth-order valence-corrected chi connectivity index (χ4v) is 3.82. The lowest BCUT2D eigenvalue weighted by Crippen LogP contribution is -3.00. The van der Waals surface area contributed by atoms with E-state index in [9.17, 15) is 9.59 Å². The number of benzene rings is 2. The molecular formula is C22H20ClNO6. The molecule has 1 aromatic heterocycles. The highest BCUT2D eigenvalue weighted by Crippen LogP contribution is 2.39. The van der Waals surface area contributed by atoms with E-state index in [1.807, 2.05) is 0 Å². The highest BCUT2D eigenvalue weighted by molar-refractivity contribution is 6.31. The molecule has 0 radical (unpaired) electrons. The zero-order chi connectivity index (χ0) is 20.9. The van der Waals surface area contributed by atoms with Gasteiger partial charge in [0.05, 0.1) is 33.8 Å². The number of methoxy groups -OCH3 is 4. The summed E-state index contributed by atoms with van der Waals surface area (Å²) in [5, 5.41) is 1.38. The molecule has 0 fully saturated rings. The molecule has 0 saturated carbocycles. The van der Waals surface area contributed by atoms with Gasteiger partial charge in [-0.1, -0.05) is 0 Å². The number of hydrogen-bond donors (Lipinski definition) is 0. The van der Waals surface area contributed by atoms with Crippen molar-refractivity contribution in [1.82, 2.24) is 0 Å². The normalized spacial score (nSPS) is 12.0. The third-order valence-electron chi connectivity index (χ3n) is 5.20. The number of rotatable bonds is 4. The first kappa shape index (κ1) is 21.4. The number of halogens is 1. The van der Waals surface area contributed by atoms with Gasteiger partial charge < -0.3 is 31.4 Å². The minimum Gasteiger partial charge on any atom is -1.00 e. The summed E-state index contributed by atoms with van der Waals surface area (Å²) < 4.78 is 23.1. The van der Waals surface area contributed by atoms with Crippen molar-refractivity contribution < 1.29 is 45.5 Å². The third-order valence-corrected chi connectivity index (χ3v) is 5.20. The molecule has 7 nitrogen and oxygen atoms in total. The molecule has 0 unspecified atom stereocenters. The highest BCUT2D eigenvalue weighted by atomic mass is 35.5. The average molecular weight is 430 g/mol. The number of carbonyl (C=O) groups is 2. The van der Waals surface area contributed by atoms with Crippen LogP contribution >= 0.6 is 0 Å². The van der Waals surface area contributed by atoms with Gasteiger partial charge in [-0.05, 0) is 24.3 Å². The number of carbonyl (C=O) groups excluding carboxylic acids is 2. The van der Waals surface area contributed by atoms with Crippen LogP contribution in [0.15, 0.2) is 30.5 Å². The predicted octanol–water partition coefficient (Wildman–Crippen LogP) is -0.522. The second kappa shape index (κ2) is 7.84. The molecule has 0 amide bonds. The molecule has 0 bridgehead atoms. The Morgan fingerprint density at radius 3 is 1.70 bits per heavy atom. The molecule has 0 spiro atoms. The number of aryl methyl sites for hydroxylation is 1. The number of nitrogens with zero attached hydrogens (tertiary/aromatic N) is 1. The topological polar surface area (TPSA) is 74.9 Å². The van der Waals surface area contributed by atoms with Crippen LogP contribution in [0, 0.1) is 0 Å². The molecule has 156 valence electrons. The predicted molar refractivity (Wildman–Crippen MR) is 105 cm³/mol. The number of fused-ring (bicyclic) bond motifs is 4. The van der Waals surface area contributed by atoms with Gasteiger partial charge in [0.25, 0.3) is 11.5 Å². The first-order valence-electron chi connectivity index (χ1n) is 8.88. The van der Waals surface area contributed by atoms with E-state index in [0.717, 1.165) is 5.39 Å². The van der Waals surface area contributed by atoms with Crippen molar-refractivity contribution in [3.63, 3.8) is 0 Å². The van der Waals surface area contributed by atoms with E-state index < -0.39 is 0 Å². The third kappa shape index (κ3) is 2.93. The first-order valence-corrected chi connectivity index (χ1v) is 8.88. The second-order valence-electron chi connectivity index (χ2n) is 6.67. The molecule has 4 rings (SSSR count). The number of pyridine rings is 1. The molecule has 1 aliphatic rings. The van der Waals surface area contributed by atoms with Gasteiger partial charge in [-0.25, -0.2) is 0 Å². The Balaban J connectivity index is 0.00000256. The van der Waals surface area contributed by atoms with Crippen LogP contribution in [0.2, 0.25) is 0 Å². The van der Waals surface area contributed by atoms with Crippen molar-refractivity contribution >= 4 is 22.3 Å². The van der Waals surface area contributed by atoms with Crippen molar-refractivity contribution in [2.24, 2.45) is 7.05 Å². The summed E-state index contributed by atoms with van der Waals surface area (Å²) in [6.07, 6.45) is 1.80. The molecule has 0 atom stereocenters. The minimum absolute atomic E-state index is 0. The van der Waals surface area contributed by atoms with Gasteiger partial charge in [0.2, 0.25) is 5.78 Å². The molecule has 3 aromatic rings. The molecule has 0 saturated heterocycles. The summed E-state index contributed by atoms with van der Waals surface area (Å²) in [7, 11) is 7.79. The summed E-state index contributed by atoms with van der Waals surface area (Å²) in [6.45, 7) is 0. The van der Waals surface area contributed by atoms with E-state index >= 15 is 0 Å².